The van der Waals surface area contributed by atoms with Crippen LogP contribution in [0.15, 0.2) is 6.07 Å². The van der Waals surface area contributed by atoms with E-state index in [1.165, 1.54) is 6.07 Å². The molecule has 15 heavy (non-hydrogen) atoms. The molecule has 0 aliphatic heterocycles. The van der Waals surface area contributed by atoms with Crippen LogP contribution in [0.5, 0.6) is 0 Å². The van der Waals surface area contributed by atoms with Gasteiger partial charge in [-0.05, 0) is 6.92 Å². The average molecular weight is 205 g/mol. The van der Waals surface area contributed by atoms with Gasteiger partial charge < -0.3 is 10.0 Å². The Morgan fingerprint density at radius 2 is 2.33 bits per heavy atom. The van der Waals surface area contributed by atoms with E-state index in [4.69, 9.17) is 11.5 Å². The number of hydrogen-bond acceptors (Lipinski definition) is 4. The van der Waals surface area contributed by atoms with Gasteiger partial charge in [-0.2, -0.15) is 0 Å². The second kappa shape index (κ2) is 4.42. The summed E-state index contributed by atoms with van der Waals surface area (Å²) in [5, 5.41) is 8.80. The molecule has 0 saturated heterocycles. The molecule has 5 nitrogen and oxygen atoms in total. The lowest BCUT2D eigenvalue weighted by Crippen LogP contribution is -2.20. The molecule has 0 unspecified atom stereocenters. The summed E-state index contributed by atoms with van der Waals surface area (Å²) in [6, 6.07) is 1.40. The first kappa shape index (κ1) is 11.0. The quantitative estimate of drug-likeness (QED) is 0.730. The van der Waals surface area contributed by atoms with Crippen LogP contribution in [0.1, 0.15) is 16.3 Å². The minimum Gasteiger partial charge on any atom is -0.477 e. The van der Waals surface area contributed by atoms with Gasteiger partial charge in [0, 0.05) is 13.1 Å². The van der Waals surface area contributed by atoms with Gasteiger partial charge in [-0.25, -0.2) is 14.8 Å². The number of aromatic carboxylic acids is 1. The maximum absolute atomic E-state index is 10.7. The molecule has 0 radical (unpaired) electrons. The highest BCUT2D eigenvalue weighted by Gasteiger charge is 2.10. The molecule has 1 N–H and O–H groups in total. The molecule has 0 spiro atoms. The molecule has 0 aliphatic carbocycles. The van der Waals surface area contributed by atoms with Crippen LogP contribution in [0.4, 0.5) is 5.82 Å². The summed E-state index contributed by atoms with van der Waals surface area (Å²) in [6.45, 7) is 2.01. The third-order valence-corrected chi connectivity index (χ3v) is 1.76. The molecule has 0 amide bonds. The second-order valence-corrected chi connectivity index (χ2v) is 3.02. The highest BCUT2D eigenvalue weighted by Crippen LogP contribution is 2.10. The number of hydrogen-bond donors (Lipinski definition) is 1. The smallest absolute Gasteiger partial charge is 0.354 e. The van der Waals surface area contributed by atoms with Crippen molar-refractivity contribution in [3.05, 3.63) is 17.6 Å². The fraction of sp³-hybridized carbons (Fsp3) is 0.300. The van der Waals surface area contributed by atoms with Gasteiger partial charge in [0.25, 0.3) is 0 Å². The molecule has 0 saturated carbocycles. The van der Waals surface area contributed by atoms with Crippen molar-refractivity contribution in [3.63, 3.8) is 0 Å². The number of anilines is 1. The molecule has 1 rings (SSSR count). The van der Waals surface area contributed by atoms with Crippen LogP contribution in [0.25, 0.3) is 0 Å². The summed E-state index contributed by atoms with van der Waals surface area (Å²) in [5.74, 6) is 2.30. The topological polar surface area (TPSA) is 66.3 Å². The minimum atomic E-state index is -1.07. The number of aromatic nitrogens is 2. The Bertz CT molecular complexity index is 423. The van der Waals surface area contributed by atoms with Crippen molar-refractivity contribution in [2.75, 3.05) is 18.5 Å². The Hall–Kier alpha value is -2.09. The third kappa shape index (κ3) is 2.68. The fourth-order valence-corrected chi connectivity index (χ4v) is 1.07. The van der Waals surface area contributed by atoms with E-state index in [1.54, 1.807) is 18.9 Å². The van der Waals surface area contributed by atoms with Crippen LogP contribution < -0.4 is 4.90 Å². The summed E-state index contributed by atoms with van der Waals surface area (Å²) < 4.78 is 0. The van der Waals surface area contributed by atoms with Crippen molar-refractivity contribution in [2.45, 2.75) is 6.92 Å². The second-order valence-electron chi connectivity index (χ2n) is 3.02. The molecule has 0 aliphatic rings. The Labute approximate surface area is 87.8 Å². The predicted octanol–water partition coefficient (Wildman–Crippen LogP) is 0.553. The van der Waals surface area contributed by atoms with Crippen molar-refractivity contribution in [3.8, 4) is 12.3 Å². The van der Waals surface area contributed by atoms with Gasteiger partial charge in [0.05, 0.1) is 6.54 Å². The van der Waals surface area contributed by atoms with Gasteiger partial charge in [0.15, 0.2) is 5.69 Å². The predicted molar refractivity (Wildman–Crippen MR) is 55.8 cm³/mol. The van der Waals surface area contributed by atoms with Crippen molar-refractivity contribution in [1.82, 2.24) is 9.97 Å². The first-order valence-corrected chi connectivity index (χ1v) is 4.28. The van der Waals surface area contributed by atoms with Gasteiger partial charge in [-0.3, -0.25) is 0 Å². The van der Waals surface area contributed by atoms with Crippen LogP contribution >= 0.6 is 0 Å². The Balaban J connectivity index is 3.09. The molecular formula is C10H11N3O2. The normalized spacial score (nSPS) is 9.40. The van der Waals surface area contributed by atoms with Crippen molar-refractivity contribution in [2.24, 2.45) is 0 Å². The zero-order chi connectivity index (χ0) is 11.4. The number of rotatable bonds is 3. The van der Waals surface area contributed by atoms with Gasteiger partial charge >= 0.3 is 5.97 Å². The van der Waals surface area contributed by atoms with Gasteiger partial charge in [-0.15, -0.1) is 6.42 Å². The Morgan fingerprint density at radius 3 is 2.87 bits per heavy atom. The van der Waals surface area contributed by atoms with E-state index < -0.39 is 5.97 Å². The number of aryl methyl sites for hydroxylation is 1. The molecule has 1 heterocycles. The first-order chi connectivity index (χ1) is 7.04. The van der Waals surface area contributed by atoms with E-state index in [1.807, 2.05) is 0 Å². The molecular weight excluding hydrogens is 194 g/mol. The van der Waals surface area contributed by atoms with Gasteiger partial charge in [-0.1, -0.05) is 5.92 Å². The standard InChI is InChI=1S/C10H11N3O2/c1-4-5-13(3)9-6-8(10(14)15)11-7(2)12-9/h1,6H,5H2,2-3H3,(H,14,15). The lowest BCUT2D eigenvalue weighted by molar-refractivity contribution is 0.0690. The molecule has 5 heteroatoms. The summed E-state index contributed by atoms with van der Waals surface area (Å²) in [6.07, 6.45) is 5.15. The molecule has 0 aromatic carbocycles. The zero-order valence-electron chi connectivity index (χ0n) is 8.56. The van der Waals surface area contributed by atoms with Crippen molar-refractivity contribution < 1.29 is 9.90 Å². The number of carboxylic acids is 1. The van der Waals surface area contributed by atoms with Gasteiger partial charge in [0.1, 0.15) is 11.6 Å². The maximum Gasteiger partial charge on any atom is 0.354 e. The zero-order valence-corrected chi connectivity index (χ0v) is 8.56. The van der Waals surface area contributed by atoms with Crippen LogP contribution in [0.3, 0.4) is 0 Å². The van der Waals surface area contributed by atoms with E-state index in [-0.39, 0.29) is 5.69 Å². The van der Waals surface area contributed by atoms with E-state index in [2.05, 4.69) is 15.9 Å². The summed E-state index contributed by atoms with van der Waals surface area (Å²) in [7, 11) is 1.74. The molecule has 0 atom stereocenters. The maximum atomic E-state index is 10.7. The van der Waals surface area contributed by atoms with Crippen molar-refractivity contribution in [1.29, 1.82) is 0 Å². The molecule has 0 fully saturated rings. The van der Waals surface area contributed by atoms with Crippen LogP contribution in [-0.2, 0) is 0 Å². The third-order valence-electron chi connectivity index (χ3n) is 1.76. The molecule has 78 valence electrons. The van der Waals surface area contributed by atoms with Crippen molar-refractivity contribution >= 4 is 11.8 Å². The van der Waals surface area contributed by atoms with Crippen LogP contribution in [-0.4, -0.2) is 34.6 Å². The summed E-state index contributed by atoms with van der Waals surface area (Å²) in [5.41, 5.74) is -0.0265. The number of terminal acetylenes is 1. The van der Waals surface area contributed by atoms with Crippen LogP contribution in [0.2, 0.25) is 0 Å². The molecule has 1 aromatic rings. The largest absolute Gasteiger partial charge is 0.477 e. The highest BCUT2D eigenvalue weighted by molar-refractivity contribution is 5.86. The van der Waals surface area contributed by atoms with Crippen LogP contribution in [0, 0.1) is 19.3 Å². The highest BCUT2D eigenvalue weighted by atomic mass is 16.4. The molecule has 0 bridgehead atoms. The number of nitrogens with zero attached hydrogens (tertiary/aromatic N) is 3. The molecule has 1 aromatic heterocycles. The summed E-state index contributed by atoms with van der Waals surface area (Å²) >= 11 is 0. The minimum absolute atomic E-state index is 0.0265. The Morgan fingerprint density at radius 1 is 1.67 bits per heavy atom. The van der Waals surface area contributed by atoms with E-state index in [0.29, 0.717) is 18.2 Å². The van der Waals surface area contributed by atoms with E-state index >= 15 is 0 Å². The SMILES string of the molecule is C#CCN(C)c1cc(C(=O)O)nc(C)n1. The monoisotopic (exact) mass is 205 g/mol. The van der Waals surface area contributed by atoms with Gasteiger partial charge in [0.2, 0.25) is 0 Å². The summed E-state index contributed by atoms with van der Waals surface area (Å²) in [4.78, 5) is 20.3. The fourth-order valence-electron chi connectivity index (χ4n) is 1.07. The van der Waals surface area contributed by atoms with E-state index in [0.717, 1.165) is 0 Å². The average Bonchev–Trinajstić information content (AvgIpc) is 2.17. The number of carboxylic acid groups (broad SMARTS) is 1. The Kier molecular flexibility index (Phi) is 3.24. The lowest BCUT2D eigenvalue weighted by Gasteiger charge is -2.15. The van der Waals surface area contributed by atoms with E-state index in [9.17, 15) is 4.79 Å². The lowest BCUT2D eigenvalue weighted by atomic mass is 10.3. The number of carbonyl (C=O) groups is 1. The first-order valence-electron chi connectivity index (χ1n) is 4.28.